The number of anilines is 4. The van der Waals surface area contributed by atoms with Crippen molar-refractivity contribution in [2.75, 3.05) is 22.1 Å². The van der Waals surface area contributed by atoms with E-state index in [2.05, 4.69) is 25.6 Å². The smallest absolute Gasteiger partial charge is 0.276 e. The Balaban J connectivity index is 1.37. The van der Waals surface area contributed by atoms with E-state index in [9.17, 15) is 9.59 Å². The van der Waals surface area contributed by atoms with E-state index in [4.69, 9.17) is 0 Å². The van der Waals surface area contributed by atoms with Gasteiger partial charge in [-0.15, -0.1) is 0 Å². The first-order chi connectivity index (χ1) is 15.2. The number of pyridine rings is 1. The highest BCUT2D eigenvalue weighted by molar-refractivity contribution is 6.07. The summed E-state index contributed by atoms with van der Waals surface area (Å²) in [6.45, 7) is 0.737. The number of aromatic nitrogens is 3. The Morgan fingerprint density at radius 2 is 1.77 bits per heavy atom. The van der Waals surface area contributed by atoms with Gasteiger partial charge < -0.3 is 15.5 Å². The fourth-order valence-corrected chi connectivity index (χ4v) is 3.71. The Labute approximate surface area is 179 Å². The van der Waals surface area contributed by atoms with Crippen LogP contribution in [0.25, 0.3) is 0 Å². The van der Waals surface area contributed by atoms with E-state index in [1.165, 1.54) is 6.33 Å². The molecule has 1 aromatic carbocycles. The van der Waals surface area contributed by atoms with Crippen LogP contribution in [0.2, 0.25) is 0 Å². The molecule has 2 fully saturated rings. The Bertz CT molecular complexity index is 1110. The van der Waals surface area contributed by atoms with Crippen LogP contribution in [0.1, 0.15) is 47.8 Å². The van der Waals surface area contributed by atoms with Gasteiger partial charge in [0.15, 0.2) is 5.69 Å². The third-order valence-electron chi connectivity index (χ3n) is 5.48. The zero-order valence-electron chi connectivity index (χ0n) is 16.9. The Hall–Kier alpha value is -3.81. The molecule has 2 N–H and O–H groups in total. The van der Waals surface area contributed by atoms with Gasteiger partial charge in [-0.05, 0) is 55.7 Å². The van der Waals surface area contributed by atoms with Crippen molar-refractivity contribution in [1.82, 2.24) is 15.0 Å². The van der Waals surface area contributed by atoms with Gasteiger partial charge in [0.25, 0.3) is 5.91 Å². The minimum Gasteiger partial charge on any atom is -0.351 e. The monoisotopic (exact) mass is 414 g/mol. The van der Waals surface area contributed by atoms with Crippen LogP contribution in [0.5, 0.6) is 0 Å². The number of benzene rings is 1. The van der Waals surface area contributed by atoms with Gasteiger partial charge in [-0.1, -0.05) is 0 Å². The second-order valence-electron chi connectivity index (χ2n) is 7.81. The standard InChI is InChI=1S/C23H22N6O2/c30-21-2-1-11-29(21)18-7-5-16(6-8-18)27-23(31)22-20(26-17-12-24-14-25-13-17)10-9-19(28-22)15-3-4-15/h5-10,12-15,26H,1-4,11H2,(H,27,31). The lowest BCUT2D eigenvalue weighted by molar-refractivity contribution is -0.117. The molecule has 1 saturated heterocycles. The minimum absolute atomic E-state index is 0.137. The molecule has 3 aromatic rings. The second kappa shape index (κ2) is 8.14. The summed E-state index contributed by atoms with van der Waals surface area (Å²) in [7, 11) is 0. The molecule has 1 saturated carbocycles. The summed E-state index contributed by atoms with van der Waals surface area (Å²) in [6.07, 6.45) is 8.40. The van der Waals surface area contributed by atoms with Crippen molar-refractivity contribution in [3.63, 3.8) is 0 Å². The average molecular weight is 414 g/mol. The van der Waals surface area contributed by atoms with Crippen LogP contribution in [0.4, 0.5) is 22.7 Å². The first kappa shape index (κ1) is 19.2. The predicted molar refractivity (Wildman–Crippen MR) is 118 cm³/mol. The number of hydrogen-bond donors (Lipinski definition) is 2. The third kappa shape index (κ3) is 4.23. The molecule has 31 heavy (non-hydrogen) atoms. The van der Waals surface area contributed by atoms with E-state index in [1.54, 1.807) is 17.3 Å². The van der Waals surface area contributed by atoms with Gasteiger partial charge in [0.1, 0.15) is 6.33 Å². The molecular weight excluding hydrogens is 392 g/mol. The molecule has 0 unspecified atom stereocenters. The third-order valence-corrected chi connectivity index (χ3v) is 5.48. The molecule has 0 radical (unpaired) electrons. The molecule has 3 heterocycles. The number of rotatable bonds is 6. The zero-order chi connectivity index (χ0) is 21.2. The van der Waals surface area contributed by atoms with Crippen molar-refractivity contribution in [2.24, 2.45) is 0 Å². The van der Waals surface area contributed by atoms with Crippen molar-refractivity contribution in [3.05, 3.63) is 66.5 Å². The average Bonchev–Trinajstić information content (AvgIpc) is 3.56. The largest absolute Gasteiger partial charge is 0.351 e. The molecule has 8 heteroatoms. The first-order valence-corrected chi connectivity index (χ1v) is 10.4. The van der Waals surface area contributed by atoms with Gasteiger partial charge in [0.2, 0.25) is 5.91 Å². The van der Waals surface area contributed by atoms with Gasteiger partial charge >= 0.3 is 0 Å². The van der Waals surface area contributed by atoms with Crippen molar-refractivity contribution in [3.8, 4) is 0 Å². The Kier molecular flexibility index (Phi) is 5.03. The quantitative estimate of drug-likeness (QED) is 0.635. The molecular formula is C23H22N6O2. The molecule has 156 valence electrons. The second-order valence-corrected chi connectivity index (χ2v) is 7.81. The number of carbonyl (C=O) groups excluding carboxylic acids is 2. The van der Waals surface area contributed by atoms with Gasteiger partial charge in [-0.25, -0.2) is 15.0 Å². The van der Waals surface area contributed by atoms with E-state index in [-0.39, 0.29) is 11.8 Å². The Morgan fingerprint density at radius 3 is 2.45 bits per heavy atom. The molecule has 8 nitrogen and oxygen atoms in total. The maximum Gasteiger partial charge on any atom is 0.276 e. The molecule has 2 aromatic heterocycles. The van der Waals surface area contributed by atoms with Crippen LogP contribution < -0.4 is 15.5 Å². The molecule has 0 bridgehead atoms. The first-order valence-electron chi connectivity index (χ1n) is 10.4. The lowest BCUT2D eigenvalue weighted by Crippen LogP contribution is -2.23. The molecule has 1 aliphatic carbocycles. The summed E-state index contributed by atoms with van der Waals surface area (Å²) in [6, 6.07) is 11.2. The van der Waals surface area contributed by atoms with Crippen LogP contribution in [-0.4, -0.2) is 33.3 Å². The molecule has 0 atom stereocenters. The molecule has 2 amide bonds. The van der Waals surface area contributed by atoms with E-state index < -0.39 is 0 Å². The van der Waals surface area contributed by atoms with Gasteiger partial charge in [-0.3, -0.25) is 9.59 Å². The number of hydrogen-bond acceptors (Lipinski definition) is 6. The van der Waals surface area contributed by atoms with Gasteiger partial charge in [0.05, 0.1) is 23.8 Å². The number of nitrogens with zero attached hydrogens (tertiary/aromatic N) is 4. The summed E-state index contributed by atoms with van der Waals surface area (Å²) in [5.41, 5.74) is 4.02. The maximum absolute atomic E-state index is 13.1. The number of amides is 2. The van der Waals surface area contributed by atoms with Crippen LogP contribution in [0, 0.1) is 0 Å². The number of carbonyl (C=O) groups is 2. The SMILES string of the molecule is O=C(Nc1ccc(N2CCCC2=O)cc1)c1nc(C2CC2)ccc1Nc1cncnc1. The maximum atomic E-state index is 13.1. The highest BCUT2D eigenvalue weighted by Gasteiger charge is 2.27. The molecule has 2 aliphatic rings. The topological polar surface area (TPSA) is 100 Å². The van der Waals surface area contributed by atoms with Gasteiger partial charge in [-0.2, -0.15) is 0 Å². The highest BCUT2D eigenvalue weighted by Crippen LogP contribution is 2.39. The summed E-state index contributed by atoms with van der Waals surface area (Å²) < 4.78 is 0. The van der Waals surface area contributed by atoms with Crippen LogP contribution in [0.15, 0.2) is 55.1 Å². The molecule has 0 spiro atoms. The lowest BCUT2D eigenvalue weighted by atomic mass is 10.2. The van der Waals surface area contributed by atoms with E-state index in [0.717, 1.165) is 37.2 Å². The number of nitrogens with one attached hydrogen (secondary N) is 2. The lowest BCUT2D eigenvalue weighted by Gasteiger charge is -2.16. The zero-order valence-corrected chi connectivity index (χ0v) is 16.9. The Morgan fingerprint density at radius 1 is 1.00 bits per heavy atom. The van der Waals surface area contributed by atoms with Crippen molar-refractivity contribution in [1.29, 1.82) is 0 Å². The van der Waals surface area contributed by atoms with E-state index in [0.29, 0.717) is 35.1 Å². The minimum atomic E-state index is -0.299. The van der Waals surface area contributed by atoms with Crippen LogP contribution in [0.3, 0.4) is 0 Å². The van der Waals surface area contributed by atoms with Crippen molar-refractivity contribution in [2.45, 2.75) is 31.6 Å². The van der Waals surface area contributed by atoms with E-state index >= 15 is 0 Å². The summed E-state index contributed by atoms with van der Waals surface area (Å²) >= 11 is 0. The highest BCUT2D eigenvalue weighted by atomic mass is 16.2. The normalized spacial score (nSPS) is 15.7. The van der Waals surface area contributed by atoms with Crippen LogP contribution >= 0.6 is 0 Å². The fraction of sp³-hybridized carbons (Fsp3) is 0.261. The summed E-state index contributed by atoms with van der Waals surface area (Å²) in [5.74, 6) is 0.267. The molecule has 5 rings (SSSR count). The van der Waals surface area contributed by atoms with Crippen molar-refractivity contribution < 1.29 is 9.59 Å². The summed E-state index contributed by atoms with van der Waals surface area (Å²) in [4.78, 5) is 39.5. The predicted octanol–water partition coefficient (Wildman–Crippen LogP) is 3.87. The van der Waals surface area contributed by atoms with Crippen molar-refractivity contribution >= 4 is 34.6 Å². The van der Waals surface area contributed by atoms with E-state index in [1.807, 2.05) is 36.4 Å². The molecule has 1 aliphatic heterocycles. The fourth-order valence-electron chi connectivity index (χ4n) is 3.71. The van der Waals surface area contributed by atoms with Gasteiger partial charge in [0, 0.05) is 36.0 Å². The van der Waals surface area contributed by atoms with Crippen LogP contribution in [-0.2, 0) is 4.79 Å². The summed E-state index contributed by atoms with van der Waals surface area (Å²) in [5, 5.41) is 6.11.